The van der Waals surface area contributed by atoms with Gasteiger partial charge in [0.15, 0.2) is 0 Å². The van der Waals surface area contributed by atoms with Crippen LogP contribution in [-0.2, 0) is 10.0 Å². The summed E-state index contributed by atoms with van der Waals surface area (Å²) in [6.45, 7) is 3.93. The smallest absolute Gasteiger partial charge is 0.240 e. The van der Waals surface area contributed by atoms with E-state index in [2.05, 4.69) is 4.72 Å². The van der Waals surface area contributed by atoms with Gasteiger partial charge < -0.3 is 4.74 Å². The van der Waals surface area contributed by atoms with Crippen molar-refractivity contribution in [2.45, 2.75) is 37.6 Å². The fourth-order valence-electron chi connectivity index (χ4n) is 1.50. The quantitative estimate of drug-likeness (QED) is 0.849. The lowest BCUT2D eigenvalue weighted by atomic mass is 10.2. The summed E-state index contributed by atoms with van der Waals surface area (Å²) in [7, 11) is -1.87. The Morgan fingerprint density at radius 1 is 1.18 bits per heavy atom. The molecule has 0 aliphatic carbocycles. The zero-order valence-corrected chi connectivity index (χ0v) is 11.3. The van der Waals surface area contributed by atoms with Crippen molar-refractivity contribution in [2.75, 3.05) is 7.11 Å². The first-order chi connectivity index (χ1) is 8.03. The predicted octanol–water partition coefficient (Wildman–Crippen LogP) is 2.16. The highest BCUT2D eigenvalue weighted by Gasteiger charge is 2.17. The molecule has 0 fully saturated rings. The van der Waals surface area contributed by atoms with Crippen LogP contribution in [0.15, 0.2) is 29.2 Å². The second kappa shape index (κ2) is 6.02. The summed E-state index contributed by atoms with van der Waals surface area (Å²) < 4.78 is 31.7. The first kappa shape index (κ1) is 14.0. The van der Waals surface area contributed by atoms with Gasteiger partial charge >= 0.3 is 0 Å². The molecule has 96 valence electrons. The van der Waals surface area contributed by atoms with Crippen LogP contribution >= 0.6 is 0 Å². The normalized spacial score (nSPS) is 11.8. The van der Waals surface area contributed by atoms with Gasteiger partial charge in [0.25, 0.3) is 0 Å². The fourth-order valence-corrected chi connectivity index (χ4v) is 2.90. The maximum absolute atomic E-state index is 12.0. The number of ether oxygens (including phenoxy) is 1. The van der Waals surface area contributed by atoms with Crippen LogP contribution in [0.4, 0.5) is 0 Å². The Balaban J connectivity index is 2.89. The molecule has 1 rings (SSSR count). The van der Waals surface area contributed by atoms with Gasteiger partial charge in [0.2, 0.25) is 10.0 Å². The van der Waals surface area contributed by atoms with Crippen LogP contribution in [0.5, 0.6) is 5.75 Å². The summed E-state index contributed by atoms with van der Waals surface area (Å²) in [5.41, 5.74) is 0. The van der Waals surface area contributed by atoms with Gasteiger partial charge in [0, 0.05) is 6.04 Å². The van der Waals surface area contributed by atoms with Crippen molar-refractivity contribution in [2.24, 2.45) is 0 Å². The maximum atomic E-state index is 12.0. The average molecular weight is 257 g/mol. The third-order valence-corrected chi connectivity index (χ3v) is 4.21. The van der Waals surface area contributed by atoms with E-state index in [1.54, 1.807) is 31.4 Å². The number of hydrogen-bond acceptors (Lipinski definition) is 3. The van der Waals surface area contributed by atoms with Crippen molar-refractivity contribution in [3.05, 3.63) is 24.3 Å². The molecular weight excluding hydrogens is 238 g/mol. The second-order valence-corrected chi connectivity index (χ2v) is 5.52. The first-order valence-corrected chi connectivity index (χ1v) is 7.18. The SMILES string of the molecule is CCC(CC)NS(=O)(=O)c1ccc(OC)cc1. The van der Waals surface area contributed by atoms with Gasteiger partial charge in [-0.1, -0.05) is 13.8 Å². The van der Waals surface area contributed by atoms with E-state index in [1.807, 2.05) is 13.8 Å². The molecular formula is C12H19NO3S. The lowest BCUT2D eigenvalue weighted by molar-refractivity contribution is 0.414. The van der Waals surface area contributed by atoms with Gasteiger partial charge in [-0.15, -0.1) is 0 Å². The van der Waals surface area contributed by atoms with Gasteiger partial charge in [-0.25, -0.2) is 13.1 Å². The third kappa shape index (κ3) is 3.71. The third-order valence-electron chi connectivity index (χ3n) is 2.68. The Morgan fingerprint density at radius 2 is 1.71 bits per heavy atom. The highest BCUT2D eigenvalue weighted by Crippen LogP contribution is 2.16. The Bertz CT molecular complexity index is 435. The zero-order valence-electron chi connectivity index (χ0n) is 10.4. The summed E-state index contributed by atoms with van der Waals surface area (Å²) in [4.78, 5) is 0.269. The van der Waals surface area contributed by atoms with Crippen LogP contribution in [-0.4, -0.2) is 21.6 Å². The minimum absolute atomic E-state index is 0.0119. The molecule has 0 unspecified atom stereocenters. The number of methoxy groups -OCH3 is 1. The van der Waals surface area contributed by atoms with Gasteiger partial charge in [-0.2, -0.15) is 0 Å². The summed E-state index contributed by atoms with van der Waals surface area (Å²) in [5.74, 6) is 0.645. The predicted molar refractivity (Wildman–Crippen MR) is 67.7 cm³/mol. The Labute approximate surface area is 103 Å². The van der Waals surface area contributed by atoms with E-state index in [-0.39, 0.29) is 10.9 Å². The van der Waals surface area contributed by atoms with E-state index >= 15 is 0 Å². The van der Waals surface area contributed by atoms with E-state index in [1.165, 1.54) is 0 Å². The van der Waals surface area contributed by atoms with Crippen LogP contribution < -0.4 is 9.46 Å². The number of rotatable bonds is 6. The van der Waals surface area contributed by atoms with Crippen LogP contribution in [0.25, 0.3) is 0 Å². The monoisotopic (exact) mass is 257 g/mol. The van der Waals surface area contributed by atoms with E-state index in [4.69, 9.17) is 4.74 Å². The molecule has 0 saturated carbocycles. The standard InChI is InChI=1S/C12H19NO3S/c1-4-10(5-2)13-17(14,15)12-8-6-11(16-3)7-9-12/h6-10,13H,4-5H2,1-3H3. The minimum atomic E-state index is -3.41. The molecule has 17 heavy (non-hydrogen) atoms. The molecule has 1 aromatic rings. The van der Waals surface area contributed by atoms with E-state index in [0.717, 1.165) is 12.8 Å². The van der Waals surface area contributed by atoms with E-state index in [0.29, 0.717) is 5.75 Å². The maximum Gasteiger partial charge on any atom is 0.240 e. The largest absolute Gasteiger partial charge is 0.497 e. The summed E-state index contributed by atoms with van der Waals surface area (Å²) in [6, 6.07) is 6.36. The zero-order chi connectivity index (χ0) is 12.9. The summed E-state index contributed by atoms with van der Waals surface area (Å²) >= 11 is 0. The summed E-state index contributed by atoms with van der Waals surface area (Å²) in [5, 5.41) is 0. The molecule has 0 spiro atoms. The molecule has 0 atom stereocenters. The van der Waals surface area contributed by atoms with Crippen molar-refractivity contribution < 1.29 is 13.2 Å². The van der Waals surface area contributed by atoms with Crippen LogP contribution in [0.3, 0.4) is 0 Å². The van der Waals surface area contributed by atoms with E-state index in [9.17, 15) is 8.42 Å². The number of hydrogen-bond donors (Lipinski definition) is 1. The molecule has 0 aliphatic rings. The number of benzene rings is 1. The minimum Gasteiger partial charge on any atom is -0.497 e. The highest BCUT2D eigenvalue weighted by atomic mass is 32.2. The molecule has 5 heteroatoms. The van der Waals surface area contributed by atoms with Crippen LogP contribution in [0.2, 0.25) is 0 Å². The molecule has 0 aliphatic heterocycles. The summed E-state index contributed by atoms with van der Waals surface area (Å²) in [6.07, 6.45) is 1.57. The Hall–Kier alpha value is -1.07. The molecule has 4 nitrogen and oxygen atoms in total. The van der Waals surface area contributed by atoms with Gasteiger partial charge in [0.1, 0.15) is 5.75 Å². The molecule has 0 aromatic heterocycles. The number of sulfonamides is 1. The highest BCUT2D eigenvalue weighted by molar-refractivity contribution is 7.89. The van der Waals surface area contributed by atoms with Gasteiger partial charge in [-0.05, 0) is 37.1 Å². The molecule has 0 saturated heterocycles. The van der Waals surface area contributed by atoms with Crippen LogP contribution in [0, 0.1) is 0 Å². The van der Waals surface area contributed by atoms with Crippen LogP contribution in [0.1, 0.15) is 26.7 Å². The topological polar surface area (TPSA) is 55.4 Å². The second-order valence-electron chi connectivity index (χ2n) is 3.81. The molecule has 1 aromatic carbocycles. The van der Waals surface area contributed by atoms with Crippen molar-refractivity contribution in [3.8, 4) is 5.75 Å². The first-order valence-electron chi connectivity index (χ1n) is 5.69. The molecule has 0 heterocycles. The molecule has 0 radical (unpaired) electrons. The van der Waals surface area contributed by atoms with Gasteiger partial charge in [-0.3, -0.25) is 0 Å². The van der Waals surface area contributed by atoms with Crippen molar-refractivity contribution in [1.82, 2.24) is 4.72 Å². The van der Waals surface area contributed by atoms with Crippen molar-refractivity contribution in [1.29, 1.82) is 0 Å². The molecule has 1 N–H and O–H groups in total. The average Bonchev–Trinajstić information content (AvgIpc) is 2.36. The van der Waals surface area contributed by atoms with E-state index < -0.39 is 10.0 Å². The fraction of sp³-hybridized carbons (Fsp3) is 0.500. The number of nitrogens with one attached hydrogen (secondary N) is 1. The van der Waals surface area contributed by atoms with Crippen molar-refractivity contribution in [3.63, 3.8) is 0 Å². The molecule has 0 amide bonds. The van der Waals surface area contributed by atoms with Gasteiger partial charge in [0.05, 0.1) is 12.0 Å². The lowest BCUT2D eigenvalue weighted by Crippen LogP contribution is -2.33. The molecule has 0 bridgehead atoms. The Kier molecular flexibility index (Phi) is 4.96. The Morgan fingerprint density at radius 3 is 2.12 bits per heavy atom. The lowest BCUT2D eigenvalue weighted by Gasteiger charge is -2.15. The van der Waals surface area contributed by atoms with Crippen molar-refractivity contribution >= 4 is 10.0 Å².